The molecule has 0 aliphatic carbocycles. The SMILES string of the molecule is O=C(NC[C@@H](O)c1c(F)cccc1F)c1ccc(N2CCCC2)nc1. The van der Waals surface area contributed by atoms with Gasteiger partial charge in [0.25, 0.3) is 5.91 Å². The fraction of sp³-hybridized carbons (Fsp3) is 0.333. The van der Waals surface area contributed by atoms with E-state index in [9.17, 15) is 18.7 Å². The van der Waals surface area contributed by atoms with Crippen LogP contribution < -0.4 is 10.2 Å². The van der Waals surface area contributed by atoms with Gasteiger partial charge < -0.3 is 15.3 Å². The van der Waals surface area contributed by atoms with Crippen LogP contribution in [0.5, 0.6) is 0 Å². The largest absolute Gasteiger partial charge is 0.386 e. The molecule has 25 heavy (non-hydrogen) atoms. The van der Waals surface area contributed by atoms with Gasteiger partial charge in [-0.25, -0.2) is 13.8 Å². The number of carbonyl (C=O) groups excluding carboxylic acids is 1. The van der Waals surface area contributed by atoms with Crippen LogP contribution in [-0.4, -0.2) is 35.6 Å². The molecule has 1 aliphatic heterocycles. The third-order valence-corrected chi connectivity index (χ3v) is 4.23. The summed E-state index contributed by atoms with van der Waals surface area (Å²) in [6.45, 7) is 1.61. The Morgan fingerprint density at radius 3 is 2.48 bits per heavy atom. The van der Waals surface area contributed by atoms with Crippen molar-refractivity contribution in [1.82, 2.24) is 10.3 Å². The van der Waals surface area contributed by atoms with Gasteiger partial charge in [0.05, 0.1) is 11.1 Å². The summed E-state index contributed by atoms with van der Waals surface area (Å²) in [5.74, 6) is -1.34. The highest BCUT2D eigenvalue weighted by Gasteiger charge is 2.19. The van der Waals surface area contributed by atoms with E-state index < -0.39 is 29.2 Å². The number of aromatic nitrogens is 1. The molecule has 2 heterocycles. The standard InChI is InChI=1S/C18H19F2N3O2/c19-13-4-3-5-14(20)17(13)15(24)11-22-18(25)12-6-7-16(21-10-12)23-8-1-2-9-23/h3-7,10,15,24H,1-2,8-9,11H2,(H,22,25)/t15-/m1/s1. The number of anilines is 1. The molecule has 5 nitrogen and oxygen atoms in total. The quantitative estimate of drug-likeness (QED) is 0.872. The summed E-state index contributed by atoms with van der Waals surface area (Å²) in [5, 5.41) is 12.4. The van der Waals surface area contributed by atoms with E-state index >= 15 is 0 Å². The number of nitrogens with one attached hydrogen (secondary N) is 1. The van der Waals surface area contributed by atoms with Gasteiger partial charge in [-0.05, 0) is 37.1 Å². The number of hydrogen-bond donors (Lipinski definition) is 2. The lowest BCUT2D eigenvalue weighted by Gasteiger charge is -2.16. The monoisotopic (exact) mass is 347 g/mol. The van der Waals surface area contributed by atoms with Gasteiger partial charge in [0.1, 0.15) is 23.6 Å². The van der Waals surface area contributed by atoms with Crippen molar-refractivity contribution in [2.75, 3.05) is 24.5 Å². The van der Waals surface area contributed by atoms with Gasteiger partial charge in [0.2, 0.25) is 0 Å². The molecule has 1 saturated heterocycles. The minimum atomic E-state index is -1.47. The Morgan fingerprint density at radius 2 is 1.88 bits per heavy atom. The number of amides is 1. The molecular weight excluding hydrogens is 328 g/mol. The van der Waals surface area contributed by atoms with Crippen molar-refractivity contribution < 1.29 is 18.7 Å². The van der Waals surface area contributed by atoms with Crippen molar-refractivity contribution in [3.8, 4) is 0 Å². The molecule has 0 unspecified atom stereocenters. The predicted octanol–water partition coefficient (Wildman–Crippen LogP) is 2.42. The molecule has 1 aromatic heterocycles. The van der Waals surface area contributed by atoms with Crippen molar-refractivity contribution in [3.63, 3.8) is 0 Å². The molecule has 132 valence electrons. The van der Waals surface area contributed by atoms with Crippen LogP contribution in [0.2, 0.25) is 0 Å². The van der Waals surface area contributed by atoms with Gasteiger partial charge in [-0.3, -0.25) is 4.79 Å². The van der Waals surface area contributed by atoms with Crippen molar-refractivity contribution in [3.05, 3.63) is 59.3 Å². The Bertz CT molecular complexity index is 726. The average Bonchev–Trinajstić information content (AvgIpc) is 3.14. The molecule has 7 heteroatoms. The maximum absolute atomic E-state index is 13.6. The second-order valence-corrected chi connectivity index (χ2v) is 5.96. The third-order valence-electron chi connectivity index (χ3n) is 4.23. The van der Waals surface area contributed by atoms with E-state index in [1.807, 2.05) is 0 Å². The highest BCUT2D eigenvalue weighted by Crippen LogP contribution is 2.20. The molecular formula is C18H19F2N3O2. The van der Waals surface area contributed by atoms with E-state index in [1.165, 1.54) is 12.3 Å². The second kappa shape index (κ2) is 7.57. The smallest absolute Gasteiger partial charge is 0.252 e. The number of aliphatic hydroxyl groups excluding tert-OH is 1. The van der Waals surface area contributed by atoms with Crippen LogP contribution in [0.15, 0.2) is 36.5 Å². The molecule has 3 rings (SSSR count). The number of hydrogen-bond acceptors (Lipinski definition) is 4. The molecule has 2 aromatic rings. The molecule has 1 amide bonds. The molecule has 1 aromatic carbocycles. The Morgan fingerprint density at radius 1 is 1.20 bits per heavy atom. The van der Waals surface area contributed by atoms with Crippen molar-refractivity contribution in [2.24, 2.45) is 0 Å². The van der Waals surface area contributed by atoms with Crippen LogP contribution in [0.25, 0.3) is 0 Å². The molecule has 0 spiro atoms. The fourth-order valence-corrected chi connectivity index (χ4v) is 2.88. The highest BCUT2D eigenvalue weighted by atomic mass is 19.1. The van der Waals surface area contributed by atoms with Gasteiger partial charge in [-0.1, -0.05) is 6.07 Å². The first-order valence-electron chi connectivity index (χ1n) is 8.17. The van der Waals surface area contributed by atoms with Crippen LogP contribution in [-0.2, 0) is 0 Å². The zero-order valence-corrected chi connectivity index (χ0v) is 13.6. The average molecular weight is 347 g/mol. The summed E-state index contributed by atoms with van der Waals surface area (Å²) in [6.07, 6.45) is 2.25. The second-order valence-electron chi connectivity index (χ2n) is 5.96. The predicted molar refractivity (Wildman–Crippen MR) is 89.3 cm³/mol. The van der Waals surface area contributed by atoms with Gasteiger partial charge in [0.15, 0.2) is 0 Å². The highest BCUT2D eigenvalue weighted by molar-refractivity contribution is 5.94. The Labute approximate surface area is 144 Å². The van der Waals surface area contributed by atoms with Gasteiger partial charge in [0, 0.05) is 25.8 Å². The number of rotatable bonds is 5. The number of aliphatic hydroxyl groups is 1. The Balaban J connectivity index is 1.60. The summed E-state index contributed by atoms with van der Waals surface area (Å²) in [5.41, 5.74) is -0.130. The Hall–Kier alpha value is -2.54. The van der Waals surface area contributed by atoms with E-state index in [-0.39, 0.29) is 6.54 Å². The van der Waals surface area contributed by atoms with Crippen LogP contribution >= 0.6 is 0 Å². The first-order valence-corrected chi connectivity index (χ1v) is 8.17. The molecule has 0 bridgehead atoms. The molecule has 0 radical (unpaired) electrons. The van der Waals surface area contributed by atoms with Gasteiger partial charge in [-0.15, -0.1) is 0 Å². The van der Waals surface area contributed by atoms with Gasteiger partial charge >= 0.3 is 0 Å². The Kier molecular flexibility index (Phi) is 5.23. The molecule has 2 N–H and O–H groups in total. The van der Waals surface area contributed by atoms with E-state index in [0.717, 1.165) is 43.9 Å². The maximum Gasteiger partial charge on any atom is 0.252 e. The fourth-order valence-electron chi connectivity index (χ4n) is 2.88. The molecule has 0 saturated carbocycles. The first kappa shape index (κ1) is 17.3. The summed E-state index contributed by atoms with van der Waals surface area (Å²) < 4.78 is 27.2. The number of benzene rings is 1. The van der Waals surface area contributed by atoms with Crippen molar-refractivity contribution in [2.45, 2.75) is 18.9 Å². The summed E-state index contributed by atoms with van der Waals surface area (Å²) in [7, 11) is 0. The number of pyridine rings is 1. The van der Waals surface area contributed by atoms with Crippen molar-refractivity contribution in [1.29, 1.82) is 0 Å². The summed E-state index contributed by atoms with van der Waals surface area (Å²) >= 11 is 0. The summed E-state index contributed by atoms with van der Waals surface area (Å²) in [6, 6.07) is 6.75. The number of carbonyl (C=O) groups is 1. The topological polar surface area (TPSA) is 65.5 Å². The lowest BCUT2D eigenvalue weighted by molar-refractivity contribution is 0.0911. The van der Waals surface area contributed by atoms with E-state index in [0.29, 0.717) is 5.56 Å². The zero-order valence-electron chi connectivity index (χ0n) is 13.6. The maximum atomic E-state index is 13.6. The van der Waals surface area contributed by atoms with Crippen LogP contribution in [0, 0.1) is 11.6 Å². The molecule has 1 aliphatic rings. The zero-order chi connectivity index (χ0) is 17.8. The lowest BCUT2D eigenvalue weighted by atomic mass is 10.1. The van der Waals surface area contributed by atoms with E-state index in [1.54, 1.807) is 12.1 Å². The molecule has 1 fully saturated rings. The van der Waals surface area contributed by atoms with Crippen LogP contribution in [0.3, 0.4) is 0 Å². The van der Waals surface area contributed by atoms with Crippen LogP contribution in [0.4, 0.5) is 14.6 Å². The minimum Gasteiger partial charge on any atom is -0.386 e. The summed E-state index contributed by atoms with van der Waals surface area (Å²) in [4.78, 5) is 18.5. The van der Waals surface area contributed by atoms with Crippen LogP contribution in [0.1, 0.15) is 34.9 Å². The number of halogens is 2. The first-order chi connectivity index (χ1) is 12.1. The lowest BCUT2D eigenvalue weighted by Crippen LogP contribution is -2.29. The van der Waals surface area contributed by atoms with E-state index in [2.05, 4.69) is 15.2 Å². The molecule has 1 atom stereocenters. The van der Waals surface area contributed by atoms with E-state index in [4.69, 9.17) is 0 Å². The number of nitrogens with zero attached hydrogens (tertiary/aromatic N) is 2. The minimum absolute atomic E-state index is 0.301. The third kappa shape index (κ3) is 3.93. The van der Waals surface area contributed by atoms with Gasteiger partial charge in [-0.2, -0.15) is 0 Å². The normalized spacial score (nSPS) is 15.2. The van der Waals surface area contributed by atoms with Crippen molar-refractivity contribution >= 4 is 11.7 Å².